The number of hydrogen-bond acceptors (Lipinski definition) is 6. The van der Waals surface area contributed by atoms with Gasteiger partial charge in [-0.15, -0.1) is 0 Å². The zero-order valence-corrected chi connectivity index (χ0v) is 14.1. The third kappa shape index (κ3) is 5.20. The van der Waals surface area contributed by atoms with Crippen molar-refractivity contribution >= 4 is 11.5 Å². The van der Waals surface area contributed by atoms with Gasteiger partial charge in [0.1, 0.15) is 11.9 Å². The van der Waals surface area contributed by atoms with Crippen molar-refractivity contribution in [1.82, 2.24) is 4.90 Å². The summed E-state index contributed by atoms with van der Waals surface area (Å²) in [5, 5.41) is 3.30. The van der Waals surface area contributed by atoms with Crippen molar-refractivity contribution in [1.29, 1.82) is 0 Å². The maximum atomic E-state index is 12.5. The van der Waals surface area contributed by atoms with Gasteiger partial charge >= 0.3 is 0 Å². The molecule has 0 amide bonds. The minimum Gasteiger partial charge on any atom is -0.487 e. The summed E-state index contributed by atoms with van der Waals surface area (Å²) in [6.45, 7) is 5.70. The van der Waals surface area contributed by atoms with E-state index >= 15 is 0 Å². The van der Waals surface area contributed by atoms with Crippen LogP contribution in [0, 0.1) is 0 Å². The van der Waals surface area contributed by atoms with Gasteiger partial charge in [0.2, 0.25) is 0 Å². The minimum atomic E-state index is 0.0837. The Morgan fingerprint density at radius 1 is 1.30 bits per heavy atom. The highest BCUT2D eigenvalue weighted by Crippen LogP contribution is 2.30. The predicted molar refractivity (Wildman–Crippen MR) is 89.5 cm³/mol. The highest BCUT2D eigenvalue weighted by Gasteiger charge is 2.18. The fraction of sp³-hybridized carbons (Fsp3) is 0.588. The van der Waals surface area contributed by atoms with Gasteiger partial charge in [-0.05, 0) is 25.1 Å². The molecule has 0 spiro atoms. The second-order valence-electron chi connectivity index (χ2n) is 5.71. The van der Waals surface area contributed by atoms with Crippen LogP contribution in [0.25, 0.3) is 0 Å². The van der Waals surface area contributed by atoms with Crippen LogP contribution in [-0.4, -0.2) is 70.4 Å². The molecule has 0 fully saturated rings. The summed E-state index contributed by atoms with van der Waals surface area (Å²) < 4.78 is 15.9. The van der Waals surface area contributed by atoms with Gasteiger partial charge in [-0.2, -0.15) is 0 Å². The van der Waals surface area contributed by atoms with Crippen LogP contribution in [0.15, 0.2) is 18.2 Å². The molecule has 0 saturated carbocycles. The maximum Gasteiger partial charge on any atom is 0.176 e. The lowest BCUT2D eigenvalue weighted by atomic mass is 10.1. The molecule has 1 N–H and O–H groups in total. The number of Topliss-reactive ketones (excluding diaryl/α,β-unsaturated/α-hetero) is 1. The molecule has 0 saturated heterocycles. The van der Waals surface area contributed by atoms with Crippen LogP contribution in [-0.2, 0) is 9.47 Å². The summed E-state index contributed by atoms with van der Waals surface area (Å²) in [5.74, 6) is 0.886. The number of rotatable bonds is 9. The minimum absolute atomic E-state index is 0.0837. The molecule has 0 radical (unpaired) electrons. The Bertz CT molecular complexity index is 513. The monoisotopic (exact) mass is 322 g/mol. The van der Waals surface area contributed by atoms with Gasteiger partial charge in [0.25, 0.3) is 0 Å². The van der Waals surface area contributed by atoms with Crippen molar-refractivity contribution < 1.29 is 19.0 Å². The van der Waals surface area contributed by atoms with E-state index in [-0.39, 0.29) is 11.9 Å². The van der Waals surface area contributed by atoms with Gasteiger partial charge in [-0.3, -0.25) is 9.69 Å². The Labute approximate surface area is 137 Å². The van der Waals surface area contributed by atoms with Crippen LogP contribution in [0.2, 0.25) is 0 Å². The molecule has 0 aromatic heterocycles. The smallest absolute Gasteiger partial charge is 0.176 e. The average molecular weight is 322 g/mol. The quantitative estimate of drug-likeness (QED) is 0.698. The van der Waals surface area contributed by atoms with Crippen LogP contribution in [0.4, 0.5) is 5.69 Å². The number of nitrogens with one attached hydrogen (secondary N) is 1. The number of anilines is 1. The van der Waals surface area contributed by atoms with Crippen molar-refractivity contribution in [2.24, 2.45) is 0 Å². The summed E-state index contributed by atoms with van der Waals surface area (Å²) in [5.41, 5.74) is 1.57. The average Bonchev–Trinajstić information content (AvgIpc) is 2.56. The van der Waals surface area contributed by atoms with Gasteiger partial charge in [0, 0.05) is 32.9 Å². The number of ketones is 1. The van der Waals surface area contributed by atoms with Crippen LogP contribution in [0.1, 0.15) is 17.3 Å². The van der Waals surface area contributed by atoms with E-state index in [4.69, 9.17) is 14.2 Å². The van der Waals surface area contributed by atoms with Crippen molar-refractivity contribution in [3.63, 3.8) is 0 Å². The molecule has 2 rings (SSSR count). The molecule has 0 bridgehead atoms. The van der Waals surface area contributed by atoms with E-state index in [0.29, 0.717) is 38.4 Å². The van der Waals surface area contributed by atoms with E-state index in [1.165, 1.54) is 0 Å². The summed E-state index contributed by atoms with van der Waals surface area (Å²) in [7, 11) is 3.32. The van der Waals surface area contributed by atoms with Crippen LogP contribution >= 0.6 is 0 Å². The summed E-state index contributed by atoms with van der Waals surface area (Å²) in [4.78, 5) is 14.6. The first-order valence-corrected chi connectivity index (χ1v) is 7.92. The topological polar surface area (TPSA) is 60.0 Å². The summed E-state index contributed by atoms with van der Waals surface area (Å²) >= 11 is 0. The van der Waals surface area contributed by atoms with Crippen molar-refractivity contribution in [3.8, 4) is 5.75 Å². The molecule has 1 heterocycles. The SMILES string of the molecule is COCCN(CCOC)CC(=O)c1ccc2c(c1)NCC(C)O2. The molecule has 1 aromatic rings. The molecule has 0 aliphatic carbocycles. The van der Waals surface area contributed by atoms with Gasteiger partial charge in [0.15, 0.2) is 5.78 Å². The number of methoxy groups -OCH3 is 2. The van der Waals surface area contributed by atoms with Crippen molar-refractivity contribution in [2.45, 2.75) is 13.0 Å². The van der Waals surface area contributed by atoms with E-state index < -0.39 is 0 Å². The standard InChI is InChI=1S/C17H26N2O4/c1-13-11-18-15-10-14(4-5-17(15)23-13)16(20)12-19(6-8-21-2)7-9-22-3/h4-5,10,13,18H,6-9,11-12H2,1-3H3. The molecular formula is C17H26N2O4. The van der Waals surface area contributed by atoms with E-state index in [2.05, 4.69) is 5.32 Å². The van der Waals surface area contributed by atoms with Gasteiger partial charge < -0.3 is 19.5 Å². The van der Waals surface area contributed by atoms with E-state index in [0.717, 1.165) is 18.0 Å². The summed E-state index contributed by atoms with van der Waals surface area (Å²) in [6, 6.07) is 5.56. The highest BCUT2D eigenvalue weighted by molar-refractivity contribution is 5.98. The molecular weight excluding hydrogens is 296 g/mol. The fourth-order valence-corrected chi connectivity index (χ4v) is 2.46. The van der Waals surface area contributed by atoms with E-state index in [9.17, 15) is 4.79 Å². The Balaban J connectivity index is 2.00. The van der Waals surface area contributed by atoms with Gasteiger partial charge in [-0.25, -0.2) is 0 Å². The fourth-order valence-electron chi connectivity index (χ4n) is 2.46. The number of benzene rings is 1. The Morgan fingerprint density at radius 2 is 2.00 bits per heavy atom. The molecule has 1 unspecified atom stereocenters. The van der Waals surface area contributed by atoms with Crippen molar-refractivity contribution in [3.05, 3.63) is 23.8 Å². The highest BCUT2D eigenvalue weighted by atomic mass is 16.5. The number of carbonyl (C=O) groups excluding carboxylic acids is 1. The zero-order valence-electron chi connectivity index (χ0n) is 14.1. The lowest BCUT2D eigenvalue weighted by molar-refractivity contribution is 0.0837. The zero-order chi connectivity index (χ0) is 16.7. The molecule has 1 aliphatic heterocycles. The first-order valence-electron chi connectivity index (χ1n) is 7.92. The number of ether oxygens (including phenoxy) is 3. The van der Waals surface area contributed by atoms with Crippen LogP contribution in [0.5, 0.6) is 5.75 Å². The first kappa shape index (κ1) is 17.7. The molecule has 1 aromatic carbocycles. The number of carbonyl (C=O) groups is 1. The van der Waals surface area contributed by atoms with E-state index in [1.807, 2.05) is 30.0 Å². The third-order valence-corrected chi connectivity index (χ3v) is 3.80. The Kier molecular flexibility index (Phi) is 6.83. The Morgan fingerprint density at radius 3 is 2.65 bits per heavy atom. The first-order chi connectivity index (χ1) is 11.1. The maximum absolute atomic E-state index is 12.5. The summed E-state index contributed by atoms with van der Waals surface area (Å²) in [6.07, 6.45) is 0.141. The third-order valence-electron chi connectivity index (χ3n) is 3.80. The molecule has 23 heavy (non-hydrogen) atoms. The number of hydrogen-bond donors (Lipinski definition) is 1. The Hall–Kier alpha value is -1.63. The largest absolute Gasteiger partial charge is 0.487 e. The molecule has 1 aliphatic rings. The number of nitrogens with zero attached hydrogens (tertiary/aromatic N) is 1. The van der Waals surface area contributed by atoms with Crippen LogP contribution < -0.4 is 10.1 Å². The lowest BCUT2D eigenvalue weighted by Crippen LogP contribution is -2.35. The second-order valence-corrected chi connectivity index (χ2v) is 5.71. The van der Waals surface area contributed by atoms with E-state index in [1.54, 1.807) is 14.2 Å². The molecule has 128 valence electrons. The predicted octanol–water partition coefficient (Wildman–Crippen LogP) is 1.66. The van der Waals surface area contributed by atoms with Gasteiger partial charge in [-0.1, -0.05) is 0 Å². The van der Waals surface area contributed by atoms with Crippen molar-refractivity contribution in [2.75, 3.05) is 58.9 Å². The second kappa shape index (κ2) is 8.86. The molecule has 1 atom stereocenters. The van der Waals surface area contributed by atoms with Gasteiger partial charge in [0.05, 0.1) is 32.0 Å². The normalized spacial score (nSPS) is 16.6. The number of fused-ring (bicyclic) bond motifs is 1. The molecule has 6 nitrogen and oxygen atoms in total. The van der Waals surface area contributed by atoms with Crippen LogP contribution in [0.3, 0.4) is 0 Å². The lowest BCUT2D eigenvalue weighted by Gasteiger charge is -2.25. The molecule has 6 heteroatoms.